The third-order valence-corrected chi connectivity index (χ3v) is 3.70. The van der Waals surface area contributed by atoms with Gasteiger partial charge in [0.15, 0.2) is 0 Å². The van der Waals surface area contributed by atoms with Gasteiger partial charge in [-0.15, -0.1) is 0 Å². The van der Waals surface area contributed by atoms with Crippen molar-refractivity contribution in [2.75, 3.05) is 0 Å². The molecule has 0 radical (unpaired) electrons. The fourth-order valence-electron chi connectivity index (χ4n) is 2.48. The molecule has 4 nitrogen and oxygen atoms in total. The lowest BCUT2D eigenvalue weighted by atomic mass is 10.0. The fraction of sp³-hybridized carbons (Fsp3) is 0.429. The van der Waals surface area contributed by atoms with Crippen LogP contribution < -0.4 is 0 Å². The van der Waals surface area contributed by atoms with Gasteiger partial charge in [0.2, 0.25) is 0 Å². The first-order valence-corrected chi connectivity index (χ1v) is 6.25. The lowest BCUT2D eigenvalue weighted by molar-refractivity contribution is 0.0695. The number of hydrogen-bond donors (Lipinski definition) is 2. The number of nitrogens with zero attached hydrogens (tertiary/aromatic N) is 1. The highest BCUT2D eigenvalue weighted by Crippen LogP contribution is 2.37. The van der Waals surface area contributed by atoms with E-state index in [-0.39, 0.29) is 0 Å². The molecule has 1 heterocycles. The molecule has 1 atom stereocenters. The van der Waals surface area contributed by atoms with Gasteiger partial charge in [-0.25, -0.2) is 4.79 Å². The first-order valence-electron chi connectivity index (χ1n) is 6.25. The van der Waals surface area contributed by atoms with Gasteiger partial charge in [0.25, 0.3) is 0 Å². The SMILES string of the molecule is O=C(O)c1ccnc2c1CC(C(O)CC1CC1)=C2. The Labute approximate surface area is 105 Å². The van der Waals surface area contributed by atoms with Crippen LogP contribution in [0.15, 0.2) is 17.8 Å². The first-order chi connectivity index (χ1) is 8.65. The molecule has 94 valence electrons. The summed E-state index contributed by atoms with van der Waals surface area (Å²) in [6, 6.07) is 1.52. The Balaban J connectivity index is 1.83. The van der Waals surface area contributed by atoms with Gasteiger partial charge in [-0.05, 0) is 42.0 Å². The van der Waals surface area contributed by atoms with Gasteiger partial charge in [0, 0.05) is 6.20 Å². The highest BCUT2D eigenvalue weighted by Gasteiger charge is 2.29. The summed E-state index contributed by atoms with van der Waals surface area (Å²) in [5.41, 5.74) is 2.62. The Hall–Kier alpha value is -1.68. The number of carboxylic acid groups (broad SMARTS) is 1. The second-order valence-electron chi connectivity index (χ2n) is 5.12. The molecule has 0 aromatic carbocycles. The fourth-order valence-corrected chi connectivity index (χ4v) is 2.48. The van der Waals surface area contributed by atoms with E-state index >= 15 is 0 Å². The van der Waals surface area contributed by atoms with Crippen LogP contribution in [0.4, 0.5) is 0 Å². The van der Waals surface area contributed by atoms with Crippen molar-refractivity contribution in [2.45, 2.75) is 31.8 Å². The number of pyridine rings is 1. The Bertz CT molecular complexity index is 532. The number of aliphatic hydroxyl groups is 1. The number of fused-ring (bicyclic) bond motifs is 1. The topological polar surface area (TPSA) is 70.4 Å². The summed E-state index contributed by atoms with van der Waals surface area (Å²) in [5, 5.41) is 19.2. The van der Waals surface area contributed by atoms with E-state index in [1.807, 2.05) is 6.08 Å². The van der Waals surface area contributed by atoms with E-state index in [9.17, 15) is 9.90 Å². The van der Waals surface area contributed by atoms with E-state index in [0.29, 0.717) is 23.6 Å². The third-order valence-electron chi connectivity index (χ3n) is 3.70. The van der Waals surface area contributed by atoms with E-state index in [1.54, 1.807) is 0 Å². The number of hydrogen-bond acceptors (Lipinski definition) is 3. The van der Waals surface area contributed by atoms with E-state index < -0.39 is 12.1 Å². The van der Waals surface area contributed by atoms with Crippen LogP contribution in [0.25, 0.3) is 6.08 Å². The summed E-state index contributed by atoms with van der Waals surface area (Å²) in [7, 11) is 0. The van der Waals surface area contributed by atoms with Crippen molar-refractivity contribution < 1.29 is 15.0 Å². The molecular weight excluding hydrogens is 230 g/mol. The van der Waals surface area contributed by atoms with Crippen LogP contribution in [0.5, 0.6) is 0 Å². The maximum atomic E-state index is 11.1. The van der Waals surface area contributed by atoms with E-state index in [0.717, 1.165) is 17.6 Å². The molecule has 2 aliphatic rings. The largest absolute Gasteiger partial charge is 0.478 e. The van der Waals surface area contributed by atoms with Gasteiger partial charge >= 0.3 is 5.97 Å². The van der Waals surface area contributed by atoms with Crippen LogP contribution in [-0.2, 0) is 6.42 Å². The van der Waals surface area contributed by atoms with E-state index in [2.05, 4.69) is 4.98 Å². The molecule has 0 bridgehead atoms. The molecule has 1 aromatic heterocycles. The van der Waals surface area contributed by atoms with Crippen LogP contribution in [0, 0.1) is 5.92 Å². The monoisotopic (exact) mass is 245 g/mol. The number of carboxylic acids is 1. The summed E-state index contributed by atoms with van der Waals surface area (Å²) >= 11 is 0. The lowest BCUT2D eigenvalue weighted by Gasteiger charge is -2.11. The molecule has 1 unspecified atom stereocenters. The average Bonchev–Trinajstić information content (AvgIpc) is 3.04. The lowest BCUT2D eigenvalue weighted by Crippen LogP contribution is -2.12. The van der Waals surface area contributed by atoms with Crippen LogP contribution in [0.2, 0.25) is 0 Å². The second-order valence-corrected chi connectivity index (χ2v) is 5.12. The van der Waals surface area contributed by atoms with Crippen molar-refractivity contribution >= 4 is 12.0 Å². The van der Waals surface area contributed by atoms with Gasteiger partial charge in [-0.3, -0.25) is 4.98 Å². The zero-order valence-electron chi connectivity index (χ0n) is 9.97. The summed E-state index contributed by atoms with van der Waals surface area (Å²) in [4.78, 5) is 15.3. The Morgan fingerprint density at radius 2 is 2.28 bits per heavy atom. The van der Waals surface area contributed by atoms with Crippen LogP contribution >= 0.6 is 0 Å². The van der Waals surface area contributed by atoms with Crippen molar-refractivity contribution in [1.29, 1.82) is 0 Å². The van der Waals surface area contributed by atoms with Gasteiger partial charge in [0.1, 0.15) is 0 Å². The van der Waals surface area contributed by atoms with Crippen molar-refractivity contribution in [2.24, 2.45) is 5.92 Å². The highest BCUT2D eigenvalue weighted by atomic mass is 16.4. The van der Waals surface area contributed by atoms with Crippen molar-refractivity contribution in [3.63, 3.8) is 0 Å². The second kappa shape index (κ2) is 4.21. The van der Waals surface area contributed by atoms with Crippen LogP contribution in [0.3, 0.4) is 0 Å². The predicted octanol–water partition coefficient (Wildman–Crippen LogP) is 1.88. The minimum absolute atomic E-state index is 0.296. The van der Waals surface area contributed by atoms with Crippen LogP contribution in [-0.4, -0.2) is 27.3 Å². The third kappa shape index (κ3) is 2.04. The molecular formula is C14H15NO3. The molecule has 0 saturated heterocycles. The minimum atomic E-state index is -0.931. The average molecular weight is 245 g/mol. The molecule has 0 spiro atoms. The van der Waals surface area contributed by atoms with Gasteiger partial charge in [-0.2, -0.15) is 0 Å². The smallest absolute Gasteiger partial charge is 0.336 e. The maximum absolute atomic E-state index is 11.1. The maximum Gasteiger partial charge on any atom is 0.336 e. The summed E-state index contributed by atoms with van der Waals surface area (Å²) < 4.78 is 0. The number of rotatable bonds is 4. The first kappa shape index (κ1) is 11.4. The molecule has 18 heavy (non-hydrogen) atoms. The number of aromatic carboxylic acids is 1. The zero-order chi connectivity index (χ0) is 12.7. The Kier molecular flexibility index (Phi) is 2.67. The molecule has 4 heteroatoms. The molecule has 3 rings (SSSR count). The zero-order valence-corrected chi connectivity index (χ0v) is 9.97. The summed E-state index contributed by atoms with van der Waals surface area (Å²) in [6.45, 7) is 0. The molecule has 1 fully saturated rings. The molecule has 0 aliphatic heterocycles. The van der Waals surface area contributed by atoms with Crippen molar-refractivity contribution in [3.8, 4) is 0 Å². The normalized spacial score (nSPS) is 19.3. The molecule has 1 aromatic rings. The molecule has 1 saturated carbocycles. The van der Waals surface area contributed by atoms with Crippen molar-refractivity contribution in [1.82, 2.24) is 4.98 Å². The van der Waals surface area contributed by atoms with Crippen LogP contribution in [0.1, 0.15) is 40.9 Å². The Morgan fingerprint density at radius 1 is 1.50 bits per heavy atom. The number of carbonyl (C=O) groups is 1. The Morgan fingerprint density at radius 3 is 2.94 bits per heavy atom. The molecule has 2 aliphatic carbocycles. The summed E-state index contributed by atoms with van der Waals surface area (Å²) in [5.74, 6) is -0.281. The molecule has 2 N–H and O–H groups in total. The predicted molar refractivity (Wildman–Crippen MR) is 66.2 cm³/mol. The van der Waals surface area contributed by atoms with E-state index in [4.69, 9.17) is 5.11 Å². The van der Waals surface area contributed by atoms with Crippen molar-refractivity contribution in [3.05, 3.63) is 34.7 Å². The van der Waals surface area contributed by atoms with Gasteiger partial charge in [-0.1, -0.05) is 12.8 Å². The summed E-state index contributed by atoms with van der Waals surface area (Å²) in [6.07, 6.45) is 6.62. The quantitative estimate of drug-likeness (QED) is 0.849. The standard InChI is InChI=1S/C14H15NO3/c16-13(5-8-1-2-8)9-6-11-10(14(17)18)3-4-15-12(11)7-9/h3-4,7-8,13,16H,1-2,5-6H2,(H,17,18). The number of aliphatic hydroxyl groups excluding tert-OH is 1. The van der Waals surface area contributed by atoms with E-state index in [1.165, 1.54) is 25.1 Å². The minimum Gasteiger partial charge on any atom is -0.478 e. The van der Waals surface area contributed by atoms with Gasteiger partial charge in [0.05, 0.1) is 17.4 Å². The highest BCUT2D eigenvalue weighted by molar-refractivity contribution is 5.91. The molecule has 0 amide bonds. The number of aromatic nitrogens is 1. The van der Waals surface area contributed by atoms with Gasteiger partial charge < -0.3 is 10.2 Å².